The Morgan fingerprint density at radius 2 is 1.75 bits per heavy atom. The van der Waals surface area contributed by atoms with Gasteiger partial charge in [-0.25, -0.2) is 8.42 Å². The summed E-state index contributed by atoms with van der Waals surface area (Å²) in [5.74, 6) is 0.0725. The van der Waals surface area contributed by atoms with Crippen LogP contribution in [0.25, 0.3) is 0 Å². The second-order valence-corrected chi connectivity index (χ2v) is 6.42. The van der Waals surface area contributed by atoms with Crippen molar-refractivity contribution in [2.75, 3.05) is 5.75 Å². The summed E-state index contributed by atoms with van der Waals surface area (Å²) >= 11 is 0. The molecule has 2 N–H and O–H groups in total. The van der Waals surface area contributed by atoms with Crippen LogP contribution in [0.3, 0.4) is 0 Å². The molecule has 0 bridgehead atoms. The number of rotatable bonds is 3. The Morgan fingerprint density at radius 1 is 1.25 bits per heavy atom. The van der Waals surface area contributed by atoms with Crippen molar-refractivity contribution >= 4 is 22.2 Å². The van der Waals surface area contributed by atoms with Crippen LogP contribution in [0.1, 0.15) is 18.4 Å². The van der Waals surface area contributed by atoms with Crippen LogP contribution < -0.4 is 5.73 Å². The van der Waals surface area contributed by atoms with E-state index in [1.54, 1.807) is 12.1 Å². The summed E-state index contributed by atoms with van der Waals surface area (Å²) in [6.07, 6.45) is 1.64. The molecule has 0 unspecified atom stereocenters. The number of halogens is 1. The number of hydrogen-bond donors (Lipinski definition) is 1. The van der Waals surface area contributed by atoms with Gasteiger partial charge in [-0.3, -0.25) is 0 Å². The molecule has 1 aromatic carbocycles. The molecule has 1 aromatic rings. The van der Waals surface area contributed by atoms with E-state index in [9.17, 15) is 8.42 Å². The summed E-state index contributed by atoms with van der Waals surface area (Å²) in [5.41, 5.74) is 6.42. The molecule has 2 rings (SSSR count). The summed E-state index contributed by atoms with van der Waals surface area (Å²) in [6, 6.07) is 6.92. The lowest BCUT2D eigenvalue weighted by Gasteiger charge is -2.09. The van der Waals surface area contributed by atoms with Gasteiger partial charge in [-0.15, -0.1) is 12.4 Å². The Hall–Kier alpha value is -0.580. The highest BCUT2D eigenvalue weighted by molar-refractivity contribution is 7.91. The van der Waals surface area contributed by atoms with Crippen molar-refractivity contribution < 1.29 is 8.42 Å². The number of aryl methyl sites for hydroxylation is 1. The zero-order valence-electron chi connectivity index (χ0n) is 9.14. The highest BCUT2D eigenvalue weighted by Crippen LogP contribution is 2.35. The van der Waals surface area contributed by atoms with Crippen molar-refractivity contribution in [2.45, 2.75) is 30.2 Å². The van der Waals surface area contributed by atoms with Gasteiger partial charge >= 0.3 is 0 Å². The third-order valence-electron chi connectivity index (χ3n) is 2.75. The Kier molecular flexibility index (Phi) is 3.67. The van der Waals surface area contributed by atoms with Crippen LogP contribution in [-0.2, 0) is 9.84 Å². The van der Waals surface area contributed by atoms with Crippen LogP contribution in [0.15, 0.2) is 29.2 Å². The van der Waals surface area contributed by atoms with E-state index < -0.39 is 15.4 Å². The van der Waals surface area contributed by atoms with Crippen LogP contribution in [-0.4, -0.2) is 19.7 Å². The fraction of sp³-hybridized carbons (Fsp3) is 0.455. The topological polar surface area (TPSA) is 60.2 Å². The maximum Gasteiger partial charge on any atom is 0.180 e. The number of hydrogen-bond acceptors (Lipinski definition) is 3. The van der Waals surface area contributed by atoms with Crippen LogP contribution in [0.2, 0.25) is 0 Å². The average molecular weight is 262 g/mol. The van der Waals surface area contributed by atoms with Crippen LogP contribution in [0.5, 0.6) is 0 Å². The third kappa shape index (κ3) is 2.97. The van der Waals surface area contributed by atoms with Gasteiger partial charge in [-0.05, 0) is 31.9 Å². The molecule has 1 aliphatic carbocycles. The summed E-state index contributed by atoms with van der Waals surface area (Å²) in [7, 11) is -3.20. The first kappa shape index (κ1) is 13.5. The standard InChI is InChI=1S/C11H15NO2S.ClH/c1-9-2-4-10(5-3-9)15(13,14)8-11(12)6-7-11;/h2-5H,6-8,12H2,1H3;1H. The Balaban J connectivity index is 0.00000128. The van der Waals surface area contributed by atoms with Gasteiger partial charge < -0.3 is 5.73 Å². The molecule has 1 aliphatic rings. The van der Waals surface area contributed by atoms with Crippen LogP contribution in [0, 0.1) is 6.92 Å². The first-order valence-electron chi connectivity index (χ1n) is 5.00. The highest BCUT2D eigenvalue weighted by Gasteiger charge is 2.42. The summed E-state index contributed by atoms with van der Waals surface area (Å²) in [4.78, 5) is 0.379. The third-order valence-corrected chi connectivity index (χ3v) is 4.70. The molecule has 90 valence electrons. The lowest BCUT2D eigenvalue weighted by atomic mass is 10.2. The van der Waals surface area contributed by atoms with E-state index >= 15 is 0 Å². The van der Waals surface area contributed by atoms with Gasteiger partial charge in [0, 0.05) is 5.54 Å². The van der Waals surface area contributed by atoms with Crippen molar-refractivity contribution in [2.24, 2.45) is 5.73 Å². The number of benzene rings is 1. The van der Waals surface area contributed by atoms with Gasteiger partial charge in [-0.1, -0.05) is 17.7 Å². The molecule has 0 radical (unpaired) electrons. The summed E-state index contributed by atoms with van der Waals surface area (Å²) in [5, 5.41) is 0. The minimum Gasteiger partial charge on any atom is -0.324 e. The lowest BCUT2D eigenvalue weighted by Crippen LogP contribution is -2.31. The molecular weight excluding hydrogens is 246 g/mol. The zero-order chi connectivity index (χ0) is 11.1. The monoisotopic (exact) mass is 261 g/mol. The van der Waals surface area contributed by atoms with E-state index in [-0.39, 0.29) is 18.2 Å². The molecule has 16 heavy (non-hydrogen) atoms. The molecule has 0 amide bonds. The molecule has 0 atom stereocenters. The van der Waals surface area contributed by atoms with Gasteiger partial charge in [0.15, 0.2) is 9.84 Å². The normalized spacial score (nSPS) is 17.6. The second-order valence-electron chi connectivity index (χ2n) is 4.43. The average Bonchev–Trinajstić information content (AvgIpc) is 2.82. The van der Waals surface area contributed by atoms with Gasteiger partial charge in [0.05, 0.1) is 10.6 Å². The Morgan fingerprint density at radius 3 is 2.19 bits per heavy atom. The van der Waals surface area contributed by atoms with Gasteiger partial charge in [0.25, 0.3) is 0 Å². The molecule has 0 aromatic heterocycles. The summed E-state index contributed by atoms with van der Waals surface area (Å²) in [6.45, 7) is 1.93. The molecule has 1 saturated carbocycles. The first-order valence-corrected chi connectivity index (χ1v) is 6.65. The van der Waals surface area contributed by atoms with E-state index in [0.29, 0.717) is 4.90 Å². The van der Waals surface area contributed by atoms with E-state index in [1.807, 2.05) is 19.1 Å². The Labute approximate surface area is 102 Å². The maximum atomic E-state index is 11.9. The minimum absolute atomic E-state index is 0. The minimum atomic E-state index is -3.20. The molecule has 0 saturated heterocycles. The fourth-order valence-electron chi connectivity index (χ4n) is 1.51. The summed E-state index contributed by atoms with van der Waals surface area (Å²) < 4.78 is 23.8. The van der Waals surface area contributed by atoms with E-state index in [2.05, 4.69) is 0 Å². The smallest absolute Gasteiger partial charge is 0.180 e. The van der Waals surface area contributed by atoms with Gasteiger partial charge in [0.2, 0.25) is 0 Å². The quantitative estimate of drug-likeness (QED) is 0.901. The molecule has 5 heteroatoms. The largest absolute Gasteiger partial charge is 0.324 e. The first-order chi connectivity index (χ1) is 6.91. The molecule has 0 spiro atoms. The molecular formula is C11H16ClNO2S. The van der Waals surface area contributed by atoms with E-state index in [4.69, 9.17) is 5.73 Å². The van der Waals surface area contributed by atoms with E-state index in [1.165, 1.54) is 0 Å². The van der Waals surface area contributed by atoms with Crippen LogP contribution in [0.4, 0.5) is 0 Å². The van der Waals surface area contributed by atoms with Gasteiger partial charge in [-0.2, -0.15) is 0 Å². The van der Waals surface area contributed by atoms with Crippen molar-refractivity contribution in [3.05, 3.63) is 29.8 Å². The highest BCUT2D eigenvalue weighted by atomic mass is 35.5. The van der Waals surface area contributed by atoms with Crippen molar-refractivity contribution in [3.63, 3.8) is 0 Å². The maximum absolute atomic E-state index is 11.9. The predicted octanol–water partition coefficient (Wildman–Crippen LogP) is 1.68. The molecule has 0 aliphatic heterocycles. The van der Waals surface area contributed by atoms with Crippen molar-refractivity contribution in [1.82, 2.24) is 0 Å². The number of sulfone groups is 1. The fourth-order valence-corrected chi connectivity index (χ4v) is 3.28. The molecule has 3 nitrogen and oxygen atoms in total. The van der Waals surface area contributed by atoms with Crippen molar-refractivity contribution in [1.29, 1.82) is 0 Å². The molecule has 1 fully saturated rings. The number of nitrogens with two attached hydrogens (primary N) is 1. The predicted molar refractivity (Wildman–Crippen MR) is 66.6 cm³/mol. The van der Waals surface area contributed by atoms with Crippen LogP contribution >= 0.6 is 12.4 Å². The Bertz CT molecular complexity index is 463. The van der Waals surface area contributed by atoms with Crippen molar-refractivity contribution in [3.8, 4) is 0 Å². The second kappa shape index (κ2) is 4.35. The molecule has 0 heterocycles. The lowest BCUT2D eigenvalue weighted by molar-refractivity contribution is 0.585. The van der Waals surface area contributed by atoms with Gasteiger partial charge in [0.1, 0.15) is 0 Å². The SMILES string of the molecule is Cc1ccc(S(=O)(=O)CC2(N)CC2)cc1.Cl. The zero-order valence-corrected chi connectivity index (χ0v) is 10.8. The van der Waals surface area contributed by atoms with E-state index in [0.717, 1.165) is 18.4 Å².